The van der Waals surface area contributed by atoms with Gasteiger partial charge in [-0.1, -0.05) is 6.07 Å². The van der Waals surface area contributed by atoms with E-state index in [4.69, 9.17) is 9.47 Å². The van der Waals surface area contributed by atoms with Gasteiger partial charge in [0.05, 0.1) is 20.0 Å². The normalized spacial score (nSPS) is 11.1. The zero-order chi connectivity index (χ0) is 17.5. The summed E-state index contributed by atoms with van der Waals surface area (Å²) in [6, 6.07) is 5.41. The van der Waals surface area contributed by atoms with Gasteiger partial charge < -0.3 is 14.4 Å². The molecular weight excluding hydrogens is 320 g/mol. The maximum atomic E-state index is 11.7. The van der Waals surface area contributed by atoms with Gasteiger partial charge in [0.2, 0.25) is 15.9 Å². The summed E-state index contributed by atoms with van der Waals surface area (Å²) in [5.41, 5.74) is 0.871. The third-order valence-electron chi connectivity index (χ3n) is 3.35. The second kappa shape index (κ2) is 8.73. The quantitative estimate of drug-likeness (QED) is 0.722. The van der Waals surface area contributed by atoms with E-state index >= 15 is 0 Å². The van der Waals surface area contributed by atoms with Crippen molar-refractivity contribution in [3.63, 3.8) is 0 Å². The Morgan fingerprint density at radius 2 is 1.87 bits per heavy atom. The van der Waals surface area contributed by atoms with Crippen LogP contribution in [0.25, 0.3) is 0 Å². The molecule has 0 fully saturated rings. The molecule has 0 aliphatic rings. The van der Waals surface area contributed by atoms with Crippen LogP contribution >= 0.6 is 0 Å². The molecule has 130 valence electrons. The number of hydrogen-bond donors (Lipinski definition) is 1. The first kappa shape index (κ1) is 19.2. The summed E-state index contributed by atoms with van der Waals surface area (Å²) < 4.78 is 35.7. The lowest BCUT2D eigenvalue weighted by Crippen LogP contribution is -2.37. The molecule has 1 aromatic rings. The van der Waals surface area contributed by atoms with Gasteiger partial charge in [-0.3, -0.25) is 4.79 Å². The Hall–Kier alpha value is -1.80. The van der Waals surface area contributed by atoms with Gasteiger partial charge in [-0.25, -0.2) is 13.1 Å². The van der Waals surface area contributed by atoms with Crippen molar-refractivity contribution in [2.24, 2.45) is 0 Å². The summed E-state index contributed by atoms with van der Waals surface area (Å²) in [5, 5.41) is 0. The molecule has 0 bridgehead atoms. The van der Waals surface area contributed by atoms with Crippen LogP contribution in [-0.2, 0) is 21.4 Å². The fourth-order valence-corrected chi connectivity index (χ4v) is 2.59. The Bertz CT molecular complexity index is 631. The van der Waals surface area contributed by atoms with Gasteiger partial charge in [-0.05, 0) is 24.6 Å². The van der Waals surface area contributed by atoms with Gasteiger partial charge >= 0.3 is 0 Å². The minimum atomic E-state index is -3.26. The molecule has 0 heterocycles. The van der Waals surface area contributed by atoms with E-state index in [9.17, 15) is 13.2 Å². The van der Waals surface area contributed by atoms with E-state index in [2.05, 4.69) is 4.72 Å². The van der Waals surface area contributed by atoms with Crippen molar-refractivity contribution in [3.05, 3.63) is 23.8 Å². The van der Waals surface area contributed by atoms with Crippen LogP contribution in [0.15, 0.2) is 18.2 Å². The van der Waals surface area contributed by atoms with Crippen LogP contribution in [0.4, 0.5) is 0 Å². The van der Waals surface area contributed by atoms with Crippen molar-refractivity contribution in [1.82, 2.24) is 9.62 Å². The predicted molar refractivity (Wildman–Crippen MR) is 88.1 cm³/mol. The van der Waals surface area contributed by atoms with Crippen LogP contribution in [0.2, 0.25) is 0 Å². The van der Waals surface area contributed by atoms with Crippen molar-refractivity contribution < 1.29 is 22.7 Å². The van der Waals surface area contributed by atoms with Crippen LogP contribution in [0, 0.1) is 0 Å². The van der Waals surface area contributed by atoms with Crippen molar-refractivity contribution >= 4 is 15.9 Å². The number of ether oxygens (including phenoxy) is 2. The number of carbonyl (C=O) groups is 1. The topological polar surface area (TPSA) is 84.9 Å². The Labute approximate surface area is 137 Å². The third-order valence-corrected chi connectivity index (χ3v) is 4.75. The highest BCUT2D eigenvalue weighted by molar-refractivity contribution is 7.89. The van der Waals surface area contributed by atoms with Gasteiger partial charge in [-0.15, -0.1) is 0 Å². The molecule has 0 aliphatic carbocycles. The molecule has 7 nitrogen and oxygen atoms in total. The summed E-state index contributed by atoms with van der Waals surface area (Å²) in [4.78, 5) is 13.3. The number of sulfonamides is 1. The first-order valence-corrected chi connectivity index (χ1v) is 8.92. The van der Waals surface area contributed by atoms with E-state index in [1.807, 2.05) is 6.07 Å². The summed E-state index contributed by atoms with van der Waals surface area (Å²) in [6.45, 7) is 3.86. The highest BCUT2D eigenvalue weighted by Gasteiger charge is 2.13. The maximum absolute atomic E-state index is 11.7. The lowest BCUT2D eigenvalue weighted by atomic mass is 10.2. The van der Waals surface area contributed by atoms with E-state index in [0.29, 0.717) is 24.6 Å². The molecule has 0 saturated heterocycles. The largest absolute Gasteiger partial charge is 0.493 e. The Balaban J connectivity index is 2.75. The standard InChI is InChI=1S/C15H24N2O5S/c1-5-23(19,20)16-8-9-17(12(2)18)11-13-6-7-14(21-3)15(10-13)22-4/h6-7,10,16H,5,8-9,11H2,1-4H3. The highest BCUT2D eigenvalue weighted by atomic mass is 32.2. The summed E-state index contributed by atoms with van der Waals surface area (Å²) in [5.74, 6) is 1.08. The van der Waals surface area contributed by atoms with Gasteiger partial charge in [0.25, 0.3) is 0 Å². The molecule has 1 aromatic carbocycles. The Morgan fingerprint density at radius 1 is 1.22 bits per heavy atom. The molecule has 1 rings (SSSR count). The number of nitrogens with one attached hydrogen (secondary N) is 1. The van der Waals surface area contributed by atoms with Crippen molar-refractivity contribution in [3.8, 4) is 11.5 Å². The summed E-state index contributed by atoms with van der Waals surface area (Å²) >= 11 is 0. The molecule has 0 atom stereocenters. The number of hydrogen-bond acceptors (Lipinski definition) is 5. The minimum absolute atomic E-state index is 0.0166. The van der Waals surface area contributed by atoms with E-state index in [1.165, 1.54) is 6.92 Å². The second-order valence-electron chi connectivity index (χ2n) is 4.93. The van der Waals surface area contributed by atoms with Crippen molar-refractivity contribution in [2.75, 3.05) is 33.1 Å². The van der Waals surface area contributed by atoms with Crippen LogP contribution < -0.4 is 14.2 Å². The first-order valence-electron chi connectivity index (χ1n) is 7.26. The molecule has 0 saturated carbocycles. The Kier molecular flexibility index (Phi) is 7.31. The summed E-state index contributed by atoms with van der Waals surface area (Å²) in [7, 11) is -0.158. The molecule has 23 heavy (non-hydrogen) atoms. The first-order chi connectivity index (χ1) is 10.8. The zero-order valence-corrected chi connectivity index (χ0v) is 14.8. The predicted octanol–water partition coefficient (Wildman–Crippen LogP) is 0.992. The monoisotopic (exact) mass is 344 g/mol. The number of rotatable bonds is 9. The fraction of sp³-hybridized carbons (Fsp3) is 0.533. The van der Waals surface area contributed by atoms with Gasteiger partial charge in [-0.2, -0.15) is 0 Å². The molecule has 0 aromatic heterocycles. The van der Waals surface area contributed by atoms with Crippen molar-refractivity contribution in [2.45, 2.75) is 20.4 Å². The molecule has 8 heteroatoms. The summed E-state index contributed by atoms with van der Waals surface area (Å²) in [6.07, 6.45) is 0. The van der Waals surface area contributed by atoms with Crippen LogP contribution in [0.1, 0.15) is 19.4 Å². The number of benzene rings is 1. The van der Waals surface area contributed by atoms with Crippen LogP contribution in [0.3, 0.4) is 0 Å². The van der Waals surface area contributed by atoms with Crippen LogP contribution in [-0.4, -0.2) is 52.3 Å². The smallest absolute Gasteiger partial charge is 0.219 e. The van der Waals surface area contributed by atoms with Gasteiger partial charge in [0, 0.05) is 26.6 Å². The van der Waals surface area contributed by atoms with Crippen LogP contribution in [0.5, 0.6) is 11.5 Å². The molecule has 1 amide bonds. The molecule has 0 radical (unpaired) electrons. The van der Waals surface area contributed by atoms with Gasteiger partial charge in [0.15, 0.2) is 11.5 Å². The average molecular weight is 344 g/mol. The Morgan fingerprint density at radius 3 is 2.39 bits per heavy atom. The van der Waals surface area contributed by atoms with E-state index in [1.54, 1.807) is 38.2 Å². The zero-order valence-electron chi connectivity index (χ0n) is 14.0. The number of nitrogens with zero attached hydrogens (tertiary/aromatic N) is 1. The number of amides is 1. The SMILES string of the molecule is CCS(=O)(=O)NCCN(Cc1ccc(OC)c(OC)c1)C(C)=O. The number of carbonyl (C=O) groups excluding carboxylic acids is 1. The lowest BCUT2D eigenvalue weighted by Gasteiger charge is -2.22. The number of methoxy groups -OCH3 is 2. The molecule has 0 unspecified atom stereocenters. The van der Waals surface area contributed by atoms with E-state index < -0.39 is 10.0 Å². The molecule has 1 N–H and O–H groups in total. The fourth-order valence-electron chi connectivity index (χ4n) is 1.99. The second-order valence-corrected chi connectivity index (χ2v) is 7.02. The van der Waals surface area contributed by atoms with Gasteiger partial charge in [0.1, 0.15) is 0 Å². The minimum Gasteiger partial charge on any atom is -0.493 e. The lowest BCUT2D eigenvalue weighted by molar-refractivity contribution is -0.129. The molecule has 0 aliphatic heterocycles. The van der Waals surface area contributed by atoms with E-state index in [0.717, 1.165) is 5.56 Å². The van der Waals surface area contributed by atoms with E-state index in [-0.39, 0.29) is 18.2 Å². The third kappa shape index (κ3) is 6.07. The maximum Gasteiger partial charge on any atom is 0.219 e. The molecule has 0 spiro atoms. The molecular formula is C15H24N2O5S. The highest BCUT2D eigenvalue weighted by Crippen LogP contribution is 2.28. The average Bonchev–Trinajstić information content (AvgIpc) is 2.53. The van der Waals surface area contributed by atoms with Crippen molar-refractivity contribution in [1.29, 1.82) is 0 Å².